The molecule has 0 aliphatic rings. The Morgan fingerprint density at radius 3 is 2.56 bits per heavy atom. The van der Waals surface area contributed by atoms with Gasteiger partial charge in [0.2, 0.25) is 5.91 Å². The van der Waals surface area contributed by atoms with Crippen molar-refractivity contribution in [3.05, 3.63) is 35.9 Å². The van der Waals surface area contributed by atoms with E-state index >= 15 is 0 Å². The Labute approximate surface area is 103 Å². The summed E-state index contributed by atoms with van der Waals surface area (Å²) in [6, 6.07) is 9.44. The molecule has 16 heavy (non-hydrogen) atoms. The predicted molar refractivity (Wildman–Crippen MR) is 68.4 cm³/mol. The van der Waals surface area contributed by atoms with Crippen LogP contribution in [-0.4, -0.2) is 11.9 Å². The van der Waals surface area contributed by atoms with E-state index in [1.807, 2.05) is 37.3 Å². The highest BCUT2D eigenvalue weighted by atomic mass is 35.5. The van der Waals surface area contributed by atoms with Crippen LogP contribution in [0.5, 0.6) is 0 Å². The van der Waals surface area contributed by atoms with Gasteiger partial charge in [0.25, 0.3) is 0 Å². The lowest BCUT2D eigenvalue weighted by Gasteiger charge is -2.10. The van der Waals surface area contributed by atoms with Crippen molar-refractivity contribution in [3.8, 4) is 0 Å². The van der Waals surface area contributed by atoms with Crippen molar-refractivity contribution in [2.45, 2.75) is 32.4 Å². The van der Waals surface area contributed by atoms with Crippen molar-refractivity contribution in [3.63, 3.8) is 0 Å². The van der Waals surface area contributed by atoms with Crippen LogP contribution in [0.15, 0.2) is 30.3 Å². The van der Waals surface area contributed by atoms with Crippen LogP contribution in [0.2, 0.25) is 0 Å². The van der Waals surface area contributed by atoms with Crippen molar-refractivity contribution in [1.82, 2.24) is 5.32 Å². The third-order valence-corrected chi connectivity index (χ3v) is 2.25. The van der Waals surface area contributed by atoms with Crippen molar-refractivity contribution in [2.24, 2.45) is 5.73 Å². The molecule has 0 saturated heterocycles. The Morgan fingerprint density at radius 1 is 1.38 bits per heavy atom. The van der Waals surface area contributed by atoms with Crippen molar-refractivity contribution >= 4 is 18.3 Å². The van der Waals surface area contributed by atoms with Gasteiger partial charge >= 0.3 is 0 Å². The molecule has 90 valence electrons. The minimum absolute atomic E-state index is 0. The smallest absolute Gasteiger partial charge is 0.237 e. The molecule has 1 amide bonds. The number of rotatable bonds is 5. The average molecular weight is 243 g/mol. The largest absolute Gasteiger partial charge is 0.351 e. The second-order valence-corrected chi connectivity index (χ2v) is 3.60. The second kappa shape index (κ2) is 8.13. The van der Waals surface area contributed by atoms with E-state index in [1.54, 1.807) is 0 Å². The van der Waals surface area contributed by atoms with E-state index in [2.05, 4.69) is 5.32 Å². The maximum atomic E-state index is 11.5. The molecule has 0 heterocycles. The highest BCUT2D eigenvalue weighted by Crippen LogP contribution is 1.98. The molecule has 0 radical (unpaired) electrons. The molecule has 3 nitrogen and oxygen atoms in total. The SMILES string of the molecule is CCCC(N)C(=O)NCc1ccccc1.Cl. The summed E-state index contributed by atoms with van der Waals surface area (Å²) in [5.74, 6) is -0.0688. The zero-order chi connectivity index (χ0) is 11.1. The van der Waals surface area contributed by atoms with E-state index < -0.39 is 0 Å². The van der Waals surface area contributed by atoms with Crippen molar-refractivity contribution < 1.29 is 4.79 Å². The van der Waals surface area contributed by atoms with Gasteiger partial charge in [0.05, 0.1) is 6.04 Å². The highest BCUT2D eigenvalue weighted by Gasteiger charge is 2.10. The monoisotopic (exact) mass is 242 g/mol. The maximum absolute atomic E-state index is 11.5. The summed E-state index contributed by atoms with van der Waals surface area (Å²) in [5, 5.41) is 2.82. The van der Waals surface area contributed by atoms with Crippen molar-refractivity contribution in [2.75, 3.05) is 0 Å². The molecular formula is C12H19ClN2O. The lowest BCUT2D eigenvalue weighted by Crippen LogP contribution is -2.40. The molecule has 0 saturated carbocycles. The summed E-state index contributed by atoms with van der Waals surface area (Å²) < 4.78 is 0. The Balaban J connectivity index is 0.00000225. The maximum Gasteiger partial charge on any atom is 0.237 e. The molecule has 0 bridgehead atoms. The minimum atomic E-state index is -0.376. The van der Waals surface area contributed by atoms with E-state index in [0.717, 1.165) is 18.4 Å². The van der Waals surface area contributed by atoms with Crippen LogP contribution >= 0.6 is 12.4 Å². The topological polar surface area (TPSA) is 55.1 Å². The first-order valence-corrected chi connectivity index (χ1v) is 5.31. The number of nitrogens with one attached hydrogen (secondary N) is 1. The van der Waals surface area contributed by atoms with E-state index in [9.17, 15) is 4.79 Å². The molecule has 1 rings (SSSR count). The van der Waals surface area contributed by atoms with Gasteiger partial charge in [0, 0.05) is 6.54 Å². The number of hydrogen-bond donors (Lipinski definition) is 2. The molecule has 0 aliphatic heterocycles. The predicted octanol–water partition coefficient (Wildman–Crippen LogP) is 1.85. The summed E-state index contributed by atoms with van der Waals surface area (Å²) in [6.07, 6.45) is 1.67. The summed E-state index contributed by atoms with van der Waals surface area (Å²) in [7, 11) is 0. The van der Waals surface area contributed by atoms with E-state index in [-0.39, 0.29) is 24.4 Å². The Kier molecular flexibility index (Phi) is 7.60. The van der Waals surface area contributed by atoms with E-state index in [1.165, 1.54) is 0 Å². The number of carbonyl (C=O) groups excluding carboxylic acids is 1. The van der Waals surface area contributed by atoms with Crippen LogP contribution < -0.4 is 11.1 Å². The number of amides is 1. The van der Waals surface area contributed by atoms with Crippen LogP contribution in [0.25, 0.3) is 0 Å². The Hall–Kier alpha value is -1.06. The van der Waals surface area contributed by atoms with Gasteiger partial charge in [-0.25, -0.2) is 0 Å². The summed E-state index contributed by atoms with van der Waals surface area (Å²) in [4.78, 5) is 11.5. The number of nitrogens with two attached hydrogens (primary N) is 1. The van der Waals surface area contributed by atoms with Gasteiger partial charge in [-0.1, -0.05) is 43.7 Å². The van der Waals surface area contributed by atoms with Gasteiger partial charge in [0.15, 0.2) is 0 Å². The number of halogens is 1. The molecule has 0 aliphatic carbocycles. The Bertz CT molecular complexity index is 303. The standard InChI is InChI=1S/C12H18N2O.ClH/c1-2-6-11(13)12(15)14-9-10-7-4-3-5-8-10;/h3-5,7-8,11H,2,6,9,13H2,1H3,(H,14,15);1H. The van der Waals surface area contributed by atoms with Crippen LogP contribution in [0.1, 0.15) is 25.3 Å². The third-order valence-electron chi connectivity index (χ3n) is 2.25. The third kappa shape index (κ3) is 5.14. The highest BCUT2D eigenvalue weighted by molar-refractivity contribution is 5.85. The van der Waals surface area contributed by atoms with Gasteiger partial charge in [-0.2, -0.15) is 0 Å². The van der Waals surface area contributed by atoms with Gasteiger partial charge in [-0.05, 0) is 12.0 Å². The van der Waals surface area contributed by atoms with Gasteiger partial charge in [-0.3, -0.25) is 4.79 Å². The Morgan fingerprint density at radius 2 is 2.00 bits per heavy atom. The quantitative estimate of drug-likeness (QED) is 0.828. The normalized spacial score (nSPS) is 11.4. The molecule has 1 atom stereocenters. The molecule has 0 spiro atoms. The molecule has 3 N–H and O–H groups in total. The van der Waals surface area contributed by atoms with Crippen LogP contribution in [0.4, 0.5) is 0 Å². The molecule has 0 aromatic heterocycles. The van der Waals surface area contributed by atoms with Gasteiger partial charge in [0.1, 0.15) is 0 Å². The first-order valence-electron chi connectivity index (χ1n) is 5.31. The lowest BCUT2D eigenvalue weighted by atomic mass is 10.1. The molecular weight excluding hydrogens is 224 g/mol. The van der Waals surface area contributed by atoms with Crippen LogP contribution in [0.3, 0.4) is 0 Å². The molecule has 4 heteroatoms. The van der Waals surface area contributed by atoms with Crippen molar-refractivity contribution in [1.29, 1.82) is 0 Å². The molecule has 0 fully saturated rings. The number of benzene rings is 1. The van der Waals surface area contributed by atoms with Gasteiger partial charge < -0.3 is 11.1 Å². The summed E-state index contributed by atoms with van der Waals surface area (Å²) in [6.45, 7) is 2.57. The number of hydrogen-bond acceptors (Lipinski definition) is 2. The van der Waals surface area contributed by atoms with E-state index in [4.69, 9.17) is 5.73 Å². The fourth-order valence-electron chi connectivity index (χ4n) is 1.36. The summed E-state index contributed by atoms with van der Waals surface area (Å²) in [5.41, 5.74) is 6.77. The second-order valence-electron chi connectivity index (χ2n) is 3.60. The lowest BCUT2D eigenvalue weighted by molar-refractivity contribution is -0.122. The van der Waals surface area contributed by atoms with Gasteiger partial charge in [-0.15, -0.1) is 12.4 Å². The van der Waals surface area contributed by atoms with E-state index in [0.29, 0.717) is 6.54 Å². The first-order chi connectivity index (χ1) is 7.24. The zero-order valence-electron chi connectivity index (χ0n) is 9.48. The van der Waals surface area contributed by atoms with Crippen LogP contribution in [0, 0.1) is 0 Å². The first kappa shape index (κ1) is 14.9. The molecule has 1 aromatic rings. The minimum Gasteiger partial charge on any atom is -0.351 e. The fourth-order valence-corrected chi connectivity index (χ4v) is 1.36. The molecule has 1 aromatic carbocycles. The zero-order valence-corrected chi connectivity index (χ0v) is 10.3. The van der Waals surface area contributed by atoms with Crippen LogP contribution in [-0.2, 0) is 11.3 Å². The fraction of sp³-hybridized carbons (Fsp3) is 0.417. The molecule has 1 unspecified atom stereocenters. The summed E-state index contributed by atoms with van der Waals surface area (Å²) >= 11 is 0. The number of carbonyl (C=O) groups is 1. The average Bonchev–Trinajstić information content (AvgIpc) is 2.27.